The van der Waals surface area contributed by atoms with Gasteiger partial charge in [-0.25, -0.2) is 0 Å². The first-order chi connectivity index (χ1) is 10.1. The van der Waals surface area contributed by atoms with Crippen molar-refractivity contribution in [2.24, 2.45) is 5.92 Å². The van der Waals surface area contributed by atoms with Crippen molar-refractivity contribution < 1.29 is 18.7 Å². The van der Waals surface area contributed by atoms with E-state index in [4.69, 9.17) is 13.9 Å². The van der Waals surface area contributed by atoms with Gasteiger partial charge in [0.2, 0.25) is 5.89 Å². The van der Waals surface area contributed by atoms with E-state index in [0.717, 1.165) is 19.4 Å². The van der Waals surface area contributed by atoms with Crippen molar-refractivity contribution in [3.8, 4) is 11.7 Å². The molecule has 2 aromatic heterocycles. The maximum atomic E-state index is 10.9. The Morgan fingerprint density at radius 1 is 1.38 bits per heavy atom. The molecule has 1 N–H and O–H groups in total. The van der Waals surface area contributed by atoms with Crippen molar-refractivity contribution in [1.29, 1.82) is 0 Å². The van der Waals surface area contributed by atoms with Crippen LogP contribution in [0.15, 0.2) is 25.6 Å². The molecule has 0 spiro atoms. The van der Waals surface area contributed by atoms with Gasteiger partial charge in [-0.15, -0.1) is 10.2 Å². The summed E-state index contributed by atoms with van der Waals surface area (Å²) in [4.78, 5) is 12.7. The van der Waals surface area contributed by atoms with Crippen molar-refractivity contribution in [2.45, 2.75) is 19.4 Å². The van der Waals surface area contributed by atoms with Crippen LogP contribution in [-0.2, 0) is 11.3 Å². The number of hydrogen-bond donors (Lipinski definition) is 1. The highest BCUT2D eigenvalue weighted by atomic mass is 79.9. The van der Waals surface area contributed by atoms with Crippen LogP contribution in [-0.4, -0.2) is 39.3 Å². The van der Waals surface area contributed by atoms with Crippen LogP contribution >= 0.6 is 15.9 Å². The SMILES string of the molecule is O=C(O)CN(Cc1nnc(-c2ccc(Br)o2)o1)CC1CC1. The topological polar surface area (TPSA) is 92.6 Å². The maximum Gasteiger partial charge on any atom is 0.317 e. The van der Waals surface area contributed by atoms with Gasteiger partial charge in [-0.2, -0.15) is 0 Å². The molecule has 1 aliphatic rings. The van der Waals surface area contributed by atoms with E-state index in [2.05, 4.69) is 26.1 Å². The number of halogens is 1. The summed E-state index contributed by atoms with van der Waals surface area (Å²) in [5, 5.41) is 16.8. The molecule has 0 aliphatic heterocycles. The number of carbonyl (C=O) groups is 1. The summed E-state index contributed by atoms with van der Waals surface area (Å²) < 4.78 is 11.4. The third-order valence-electron chi connectivity index (χ3n) is 3.18. The van der Waals surface area contributed by atoms with Crippen LogP contribution in [0.3, 0.4) is 0 Å². The van der Waals surface area contributed by atoms with E-state index in [-0.39, 0.29) is 12.4 Å². The van der Waals surface area contributed by atoms with E-state index in [9.17, 15) is 4.79 Å². The van der Waals surface area contributed by atoms with E-state index in [1.165, 1.54) is 0 Å². The number of aromatic nitrogens is 2. The second-order valence-electron chi connectivity index (χ2n) is 5.11. The van der Waals surface area contributed by atoms with E-state index >= 15 is 0 Å². The molecule has 0 radical (unpaired) electrons. The Kier molecular flexibility index (Phi) is 4.07. The molecule has 112 valence electrons. The number of aliphatic carboxylic acids is 1. The standard InChI is InChI=1S/C13H14BrN3O4/c14-10-4-3-9(20-10)13-16-15-11(21-13)6-17(7-12(18)19)5-8-1-2-8/h3-4,8H,1-2,5-7H2,(H,18,19). The number of carboxylic acid groups (broad SMARTS) is 1. The first-order valence-corrected chi connectivity index (χ1v) is 7.41. The smallest absolute Gasteiger partial charge is 0.317 e. The normalized spacial score (nSPS) is 14.8. The molecule has 0 aromatic carbocycles. The fraction of sp³-hybridized carbons (Fsp3) is 0.462. The van der Waals surface area contributed by atoms with Gasteiger partial charge in [0.15, 0.2) is 10.4 Å². The first kappa shape index (κ1) is 14.3. The van der Waals surface area contributed by atoms with Crippen molar-refractivity contribution in [2.75, 3.05) is 13.1 Å². The zero-order valence-electron chi connectivity index (χ0n) is 11.2. The van der Waals surface area contributed by atoms with E-state index < -0.39 is 5.97 Å². The zero-order chi connectivity index (χ0) is 14.8. The van der Waals surface area contributed by atoms with Crippen LogP contribution in [0.5, 0.6) is 0 Å². The summed E-state index contributed by atoms with van der Waals surface area (Å²) in [6, 6.07) is 3.46. The Hall–Kier alpha value is -1.67. The fourth-order valence-electron chi connectivity index (χ4n) is 2.08. The highest BCUT2D eigenvalue weighted by Gasteiger charge is 2.26. The number of carboxylic acids is 1. The van der Waals surface area contributed by atoms with Crippen molar-refractivity contribution >= 4 is 21.9 Å². The van der Waals surface area contributed by atoms with Crippen molar-refractivity contribution in [3.05, 3.63) is 22.7 Å². The molecule has 1 fully saturated rings. The Morgan fingerprint density at radius 3 is 2.81 bits per heavy atom. The molecule has 7 nitrogen and oxygen atoms in total. The second kappa shape index (κ2) is 5.98. The molecule has 0 unspecified atom stereocenters. The molecule has 8 heteroatoms. The monoisotopic (exact) mass is 355 g/mol. The molecular weight excluding hydrogens is 342 g/mol. The van der Waals surface area contributed by atoms with Gasteiger partial charge in [-0.1, -0.05) is 0 Å². The minimum absolute atomic E-state index is 0.0273. The lowest BCUT2D eigenvalue weighted by Crippen LogP contribution is -2.31. The molecule has 0 atom stereocenters. The molecule has 0 bridgehead atoms. The highest BCUT2D eigenvalue weighted by molar-refractivity contribution is 9.10. The third kappa shape index (κ3) is 3.92. The van der Waals surface area contributed by atoms with Gasteiger partial charge in [0.1, 0.15) is 0 Å². The second-order valence-corrected chi connectivity index (χ2v) is 5.89. The average Bonchev–Trinajstić information content (AvgIpc) is 2.93. The van der Waals surface area contributed by atoms with Gasteiger partial charge >= 0.3 is 5.97 Å². The summed E-state index contributed by atoms with van der Waals surface area (Å²) in [5.74, 6) is 0.891. The summed E-state index contributed by atoms with van der Waals surface area (Å²) in [6.45, 7) is 1.05. The molecule has 21 heavy (non-hydrogen) atoms. The zero-order valence-corrected chi connectivity index (χ0v) is 12.7. The largest absolute Gasteiger partial charge is 0.480 e. The van der Waals surface area contributed by atoms with Crippen LogP contribution < -0.4 is 0 Å². The van der Waals surface area contributed by atoms with Crippen LogP contribution in [0, 0.1) is 5.92 Å². The van der Waals surface area contributed by atoms with Gasteiger partial charge in [-0.3, -0.25) is 9.69 Å². The molecule has 2 aromatic rings. The van der Waals surface area contributed by atoms with Gasteiger partial charge in [0.05, 0.1) is 13.1 Å². The summed E-state index contributed by atoms with van der Waals surface area (Å²) in [7, 11) is 0. The number of hydrogen-bond acceptors (Lipinski definition) is 6. The van der Waals surface area contributed by atoms with Crippen LogP contribution in [0.1, 0.15) is 18.7 Å². The van der Waals surface area contributed by atoms with Crippen molar-refractivity contribution in [1.82, 2.24) is 15.1 Å². The molecular formula is C13H14BrN3O4. The fourth-order valence-corrected chi connectivity index (χ4v) is 2.39. The number of rotatable bonds is 7. The lowest BCUT2D eigenvalue weighted by atomic mass is 10.3. The van der Waals surface area contributed by atoms with Crippen LogP contribution in [0.4, 0.5) is 0 Å². The molecule has 3 rings (SSSR count). The quantitative estimate of drug-likeness (QED) is 0.814. The maximum absolute atomic E-state index is 10.9. The van der Waals surface area contributed by atoms with Crippen LogP contribution in [0.2, 0.25) is 0 Å². The van der Waals surface area contributed by atoms with Crippen LogP contribution in [0.25, 0.3) is 11.7 Å². The van der Waals surface area contributed by atoms with E-state index in [0.29, 0.717) is 28.8 Å². The lowest BCUT2D eigenvalue weighted by molar-refractivity contribution is -0.138. The molecule has 1 aliphatic carbocycles. The first-order valence-electron chi connectivity index (χ1n) is 6.62. The highest BCUT2D eigenvalue weighted by Crippen LogP contribution is 2.30. The predicted molar refractivity (Wildman–Crippen MR) is 75.3 cm³/mol. The minimum atomic E-state index is -0.856. The Bertz CT molecular complexity index is 635. The van der Waals surface area contributed by atoms with Gasteiger partial charge < -0.3 is 13.9 Å². The molecule has 0 amide bonds. The van der Waals surface area contributed by atoms with E-state index in [1.54, 1.807) is 12.1 Å². The van der Waals surface area contributed by atoms with Gasteiger partial charge in [0, 0.05) is 6.54 Å². The number of nitrogens with zero attached hydrogens (tertiary/aromatic N) is 3. The third-order valence-corrected chi connectivity index (χ3v) is 3.61. The van der Waals surface area contributed by atoms with Gasteiger partial charge in [0.25, 0.3) is 5.89 Å². The van der Waals surface area contributed by atoms with Gasteiger partial charge in [-0.05, 0) is 46.8 Å². The number of furan rings is 1. The molecule has 0 saturated heterocycles. The van der Waals surface area contributed by atoms with E-state index in [1.807, 2.05) is 4.90 Å². The van der Waals surface area contributed by atoms with Crippen molar-refractivity contribution in [3.63, 3.8) is 0 Å². The Morgan fingerprint density at radius 2 is 2.19 bits per heavy atom. The summed E-state index contributed by atoms with van der Waals surface area (Å²) in [5.41, 5.74) is 0. The summed E-state index contributed by atoms with van der Waals surface area (Å²) in [6.07, 6.45) is 2.32. The Balaban J connectivity index is 1.67. The predicted octanol–water partition coefficient (Wildman–Crippen LogP) is 2.39. The Labute approximate surface area is 129 Å². The molecule has 2 heterocycles. The lowest BCUT2D eigenvalue weighted by Gasteiger charge is -2.17. The average molecular weight is 356 g/mol. The summed E-state index contributed by atoms with van der Waals surface area (Å²) >= 11 is 3.21. The molecule has 1 saturated carbocycles. The minimum Gasteiger partial charge on any atom is -0.480 e.